The summed E-state index contributed by atoms with van der Waals surface area (Å²) >= 11 is 7.26. The van der Waals surface area contributed by atoms with E-state index in [1.807, 2.05) is 0 Å². The van der Waals surface area contributed by atoms with Crippen molar-refractivity contribution in [2.45, 2.75) is 14.7 Å². The van der Waals surface area contributed by atoms with Crippen molar-refractivity contribution in [1.29, 1.82) is 0 Å². The van der Waals surface area contributed by atoms with Crippen LogP contribution in [0.4, 0.5) is 10.1 Å². The molecule has 0 saturated heterocycles. The minimum absolute atomic E-state index is 0.233. The van der Waals surface area contributed by atoms with Crippen LogP contribution in [0.15, 0.2) is 80.1 Å². The van der Waals surface area contributed by atoms with Crippen LogP contribution in [0.1, 0.15) is 0 Å². The first-order chi connectivity index (χ1) is 14.7. The van der Waals surface area contributed by atoms with E-state index < -0.39 is 20.7 Å². The molecule has 1 N–H and O–H groups in total. The van der Waals surface area contributed by atoms with Gasteiger partial charge in [0.15, 0.2) is 0 Å². The number of hydrogen-bond acceptors (Lipinski definition) is 4. The molecular weight excluding hydrogens is 461 g/mol. The summed E-state index contributed by atoms with van der Waals surface area (Å²) in [6.07, 6.45) is 0. The van der Waals surface area contributed by atoms with Gasteiger partial charge in [0.1, 0.15) is 10.7 Å². The van der Waals surface area contributed by atoms with Gasteiger partial charge in [-0.25, -0.2) is 17.6 Å². The van der Waals surface area contributed by atoms with Crippen LogP contribution in [0, 0.1) is 5.82 Å². The standard InChI is InChI=1S/C21H17ClFN3O3S2/c1-25-17-11-16(24-31(28,29)20-6-4-3-5-15(20)23)19(12-18(17)26(2)21(25)27)30-14-9-7-13(22)8-10-14/h3-12,24H,1-2H3. The lowest BCUT2D eigenvalue weighted by atomic mass is 10.3. The number of nitrogens with zero attached hydrogens (tertiary/aromatic N) is 2. The predicted octanol–water partition coefficient (Wildman–Crippen LogP) is 4.62. The highest BCUT2D eigenvalue weighted by Gasteiger charge is 2.22. The molecule has 0 amide bonds. The Kier molecular flexibility index (Phi) is 5.59. The summed E-state index contributed by atoms with van der Waals surface area (Å²) in [6, 6.07) is 15.5. The number of benzene rings is 3. The first-order valence-corrected chi connectivity index (χ1v) is 11.8. The van der Waals surface area contributed by atoms with Gasteiger partial charge in [0.25, 0.3) is 10.0 Å². The van der Waals surface area contributed by atoms with E-state index in [-0.39, 0.29) is 11.4 Å². The second-order valence-corrected chi connectivity index (χ2v) is 10.0. The van der Waals surface area contributed by atoms with Gasteiger partial charge in [-0.15, -0.1) is 0 Å². The third kappa shape index (κ3) is 4.08. The van der Waals surface area contributed by atoms with Crippen LogP contribution >= 0.6 is 23.4 Å². The Morgan fingerprint density at radius 1 is 0.968 bits per heavy atom. The van der Waals surface area contributed by atoms with Crippen LogP contribution in [0.2, 0.25) is 5.02 Å². The molecule has 0 aliphatic carbocycles. The fourth-order valence-corrected chi connectivity index (χ4v) is 5.44. The number of imidazole rings is 1. The zero-order valence-corrected chi connectivity index (χ0v) is 18.9. The van der Waals surface area contributed by atoms with Crippen molar-refractivity contribution in [3.63, 3.8) is 0 Å². The largest absolute Gasteiger partial charge is 0.328 e. The molecular formula is C21H17ClFN3O3S2. The maximum Gasteiger partial charge on any atom is 0.328 e. The summed E-state index contributed by atoms with van der Waals surface area (Å²) in [6.45, 7) is 0. The van der Waals surface area contributed by atoms with Crippen molar-refractivity contribution in [2.24, 2.45) is 14.1 Å². The van der Waals surface area contributed by atoms with E-state index in [0.717, 1.165) is 11.0 Å². The summed E-state index contributed by atoms with van der Waals surface area (Å²) < 4.78 is 45.4. The molecule has 0 bridgehead atoms. The highest BCUT2D eigenvalue weighted by molar-refractivity contribution is 7.99. The summed E-state index contributed by atoms with van der Waals surface area (Å²) in [5.41, 5.74) is 1.17. The topological polar surface area (TPSA) is 73.1 Å². The van der Waals surface area contributed by atoms with Crippen LogP contribution in [-0.4, -0.2) is 17.6 Å². The van der Waals surface area contributed by atoms with E-state index in [2.05, 4.69) is 4.72 Å². The average Bonchev–Trinajstić information content (AvgIpc) is 2.93. The summed E-state index contributed by atoms with van der Waals surface area (Å²) in [4.78, 5) is 13.3. The molecule has 0 radical (unpaired) electrons. The first-order valence-electron chi connectivity index (χ1n) is 9.07. The molecule has 4 aromatic rings. The van der Waals surface area contributed by atoms with Gasteiger partial charge < -0.3 is 0 Å². The molecule has 10 heteroatoms. The van der Waals surface area contributed by atoms with Gasteiger partial charge in [0.2, 0.25) is 0 Å². The number of rotatable bonds is 5. The Balaban J connectivity index is 1.87. The smallest absolute Gasteiger partial charge is 0.295 e. The Labute approximate surface area is 187 Å². The molecule has 0 atom stereocenters. The van der Waals surface area contributed by atoms with Gasteiger partial charge in [-0.1, -0.05) is 35.5 Å². The lowest BCUT2D eigenvalue weighted by Gasteiger charge is -2.14. The van der Waals surface area contributed by atoms with E-state index in [0.29, 0.717) is 21.0 Å². The Bertz CT molecular complexity index is 1460. The van der Waals surface area contributed by atoms with E-state index >= 15 is 0 Å². The highest BCUT2D eigenvalue weighted by Crippen LogP contribution is 2.37. The third-order valence-corrected chi connectivity index (χ3v) is 7.50. The van der Waals surface area contributed by atoms with Crippen LogP contribution in [-0.2, 0) is 24.1 Å². The zero-order chi connectivity index (χ0) is 22.3. The molecule has 31 heavy (non-hydrogen) atoms. The number of anilines is 1. The number of hydrogen-bond donors (Lipinski definition) is 1. The van der Waals surface area contributed by atoms with E-state index in [1.165, 1.54) is 39.1 Å². The highest BCUT2D eigenvalue weighted by atomic mass is 35.5. The quantitative estimate of drug-likeness (QED) is 0.455. The van der Waals surface area contributed by atoms with Crippen molar-refractivity contribution < 1.29 is 12.8 Å². The Morgan fingerprint density at radius 3 is 2.23 bits per heavy atom. The average molecular weight is 478 g/mol. The Hall–Kier alpha value is -2.75. The van der Waals surface area contributed by atoms with Gasteiger partial charge in [0.05, 0.1) is 16.7 Å². The van der Waals surface area contributed by atoms with E-state index in [1.54, 1.807) is 50.5 Å². The second-order valence-electron chi connectivity index (χ2n) is 6.83. The van der Waals surface area contributed by atoms with Crippen LogP contribution in [0.3, 0.4) is 0 Å². The molecule has 0 aliphatic heterocycles. The number of sulfonamides is 1. The second kappa shape index (κ2) is 8.07. The molecule has 0 fully saturated rings. The fraction of sp³-hybridized carbons (Fsp3) is 0.0952. The summed E-state index contributed by atoms with van der Waals surface area (Å²) in [7, 11) is -0.958. The van der Waals surface area contributed by atoms with Gasteiger partial charge in [-0.05, 0) is 48.5 Å². The minimum atomic E-state index is -4.20. The molecule has 0 unspecified atom stereocenters. The van der Waals surface area contributed by atoms with Crippen LogP contribution in [0.25, 0.3) is 11.0 Å². The molecule has 6 nitrogen and oxygen atoms in total. The van der Waals surface area contributed by atoms with Crippen molar-refractivity contribution in [3.8, 4) is 0 Å². The van der Waals surface area contributed by atoms with Crippen molar-refractivity contribution in [1.82, 2.24) is 9.13 Å². The maximum atomic E-state index is 14.2. The zero-order valence-electron chi connectivity index (χ0n) is 16.5. The molecule has 160 valence electrons. The molecule has 1 aromatic heterocycles. The number of aryl methyl sites for hydroxylation is 2. The monoisotopic (exact) mass is 477 g/mol. The fourth-order valence-electron chi connectivity index (χ4n) is 3.18. The van der Waals surface area contributed by atoms with Gasteiger partial charge in [-0.3, -0.25) is 13.9 Å². The molecule has 0 spiro atoms. The van der Waals surface area contributed by atoms with Crippen molar-refractivity contribution in [3.05, 3.63) is 82.0 Å². The molecule has 0 saturated carbocycles. The predicted molar refractivity (Wildman–Crippen MR) is 121 cm³/mol. The van der Waals surface area contributed by atoms with Crippen molar-refractivity contribution in [2.75, 3.05) is 4.72 Å². The SMILES string of the molecule is Cn1c(=O)n(C)c2cc(Sc3ccc(Cl)cc3)c(NS(=O)(=O)c3ccccc3F)cc21. The van der Waals surface area contributed by atoms with E-state index in [9.17, 15) is 17.6 Å². The lowest BCUT2D eigenvalue weighted by molar-refractivity contribution is 0.570. The maximum absolute atomic E-state index is 14.2. The van der Waals surface area contributed by atoms with Gasteiger partial charge in [0, 0.05) is 28.9 Å². The number of nitrogens with one attached hydrogen (secondary N) is 1. The normalized spacial score (nSPS) is 11.7. The summed E-state index contributed by atoms with van der Waals surface area (Å²) in [5.74, 6) is -0.852. The summed E-state index contributed by atoms with van der Waals surface area (Å²) in [5, 5.41) is 0.575. The molecule has 3 aromatic carbocycles. The van der Waals surface area contributed by atoms with Crippen LogP contribution < -0.4 is 10.4 Å². The van der Waals surface area contributed by atoms with Gasteiger partial charge >= 0.3 is 5.69 Å². The van der Waals surface area contributed by atoms with E-state index in [4.69, 9.17) is 11.6 Å². The number of aromatic nitrogens is 2. The number of halogens is 2. The lowest BCUT2D eigenvalue weighted by Crippen LogP contribution is -2.19. The van der Waals surface area contributed by atoms with Gasteiger partial charge in [-0.2, -0.15) is 0 Å². The molecule has 4 rings (SSSR count). The van der Waals surface area contributed by atoms with Crippen molar-refractivity contribution >= 4 is 50.1 Å². The van der Waals surface area contributed by atoms with Crippen LogP contribution in [0.5, 0.6) is 0 Å². The Morgan fingerprint density at radius 2 is 1.58 bits per heavy atom. The first kappa shape index (κ1) is 21.5. The molecule has 1 heterocycles. The molecule has 0 aliphatic rings. The third-order valence-electron chi connectivity index (χ3n) is 4.79. The number of fused-ring (bicyclic) bond motifs is 1. The minimum Gasteiger partial charge on any atom is -0.295 e.